The number of hydrogen-bond donors (Lipinski definition) is 3. The molecule has 0 aliphatic carbocycles. The minimum Gasteiger partial charge on any atom is -0.480 e. The fourth-order valence-corrected chi connectivity index (χ4v) is 2.37. The van der Waals surface area contributed by atoms with Crippen molar-refractivity contribution in [3.8, 4) is 0 Å². The number of amides is 2. The van der Waals surface area contributed by atoms with Crippen LogP contribution in [0.2, 0.25) is 0 Å². The lowest BCUT2D eigenvalue weighted by Crippen LogP contribution is -2.43. The van der Waals surface area contributed by atoms with E-state index in [0.717, 1.165) is 5.75 Å². The Bertz CT molecular complexity index is 398. The molecule has 0 saturated heterocycles. The maximum Gasteiger partial charge on any atom is 0.326 e. The second-order valence-electron chi connectivity index (χ2n) is 3.73. The molecule has 1 aromatic carbocycles. The van der Waals surface area contributed by atoms with Crippen LogP contribution in [-0.2, 0) is 10.5 Å². The number of carboxylic acids is 1. The topological polar surface area (TPSA) is 92.4 Å². The second kappa shape index (κ2) is 7.60. The Labute approximate surface area is 110 Å². The van der Waals surface area contributed by atoms with E-state index in [0.29, 0.717) is 12.2 Å². The third-order valence-corrected chi connectivity index (χ3v) is 3.34. The van der Waals surface area contributed by atoms with E-state index in [9.17, 15) is 9.59 Å². The number of rotatable bonds is 7. The lowest BCUT2D eigenvalue weighted by Gasteiger charge is -2.12. The molecule has 0 fully saturated rings. The van der Waals surface area contributed by atoms with E-state index in [-0.39, 0.29) is 0 Å². The fraction of sp³-hybridized carbons (Fsp3) is 0.333. The summed E-state index contributed by atoms with van der Waals surface area (Å²) in [6.07, 6.45) is 0.357. The average Bonchev–Trinajstić information content (AvgIpc) is 2.33. The van der Waals surface area contributed by atoms with Crippen molar-refractivity contribution in [3.05, 3.63) is 35.9 Å². The van der Waals surface area contributed by atoms with Gasteiger partial charge in [0.2, 0.25) is 0 Å². The molecular weight excluding hydrogens is 252 g/mol. The van der Waals surface area contributed by atoms with Crippen molar-refractivity contribution in [1.29, 1.82) is 0 Å². The van der Waals surface area contributed by atoms with Crippen molar-refractivity contribution in [2.24, 2.45) is 5.73 Å². The Morgan fingerprint density at radius 2 is 2.00 bits per heavy atom. The minimum absolute atomic E-state index is 0.357. The summed E-state index contributed by atoms with van der Waals surface area (Å²) >= 11 is 1.62. The lowest BCUT2D eigenvalue weighted by atomic mass is 10.2. The zero-order valence-corrected chi connectivity index (χ0v) is 10.7. The van der Waals surface area contributed by atoms with Crippen molar-refractivity contribution >= 4 is 23.8 Å². The number of carbonyl (C=O) groups is 2. The van der Waals surface area contributed by atoms with E-state index in [4.69, 9.17) is 10.8 Å². The predicted molar refractivity (Wildman–Crippen MR) is 71.4 cm³/mol. The summed E-state index contributed by atoms with van der Waals surface area (Å²) in [6.45, 7) is 0. The van der Waals surface area contributed by atoms with Crippen LogP contribution in [0.25, 0.3) is 0 Å². The van der Waals surface area contributed by atoms with E-state index in [1.807, 2.05) is 30.3 Å². The molecule has 4 N–H and O–H groups in total. The van der Waals surface area contributed by atoms with Crippen molar-refractivity contribution in [2.75, 3.05) is 5.75 Å². The summed E-state index contributed by atoms with van der Waals surface area (Å²) in [5.74, 6) is 0.407. The van der Waals surface area contributed by atoms with Gasteiger partial charge in [-0.2, -0.15) is 11.8 Å². The van der Waals surface area contributed by atoms with Crippen molar-refractivity contribution in [3.63, 3.8) is 0 Å². The summed E-state index contributed by atoms with van der Waals surface area (Å²) in [5.41, 5.74) is 6.10. The standard InChI is InChI=1S/C12H16N2O3S/c13-12(17)14-10(11(15)16)6-7-18-8-9-4-2-1-3-5-9/h1-5,10H,6-8H2,(H,15,16)(H3,13,14,17). The van der Waals surface area contributed by atoms with Crippen LogP contribution in [0.3, 0.4) is 0 Å². The molecule has 5 nitrogen and oxygen atoms in total. The summed E-state index contributed by atoms with van der Waals surface area (Å²) in [6, 6.07) is 8.19. The quantitative estimate of drug-likeness (QED) is 0.652. The van der Waals surface area contributed by atoms with Crippen LogP contribution in [0, 0.1) is 0 Å². The van der Waals surface area contributed by atoms with Gasteiger partial charge in [-0.05, 0) is 17.7 Å². The normalized spacial score (nSPS) is 11.8. The van der Waals surface area contributed by atoms with Gasteiger partial charge in [-0.3, -0.25) is 0 Å². The number of aliphatic carboxylic acids is 1. The number of benzene rings is 1. The third kappa shape index (κ3) is 5.58. The monoisotopic (exact) mass is 268 g/mol. The predicted octanol–water partition coefficient (Wildman–Crippen LogP) is 1.43. The van der Waals surface area contributed by atoms with E-state index in [1.165, 1.54) is 5.56 Å². The summed E-state index contributed by atoms with van der Waals surface area (Å²) in [5, 5.41) is 11.1. The first-order chi connectivity index (χ1) is 8.59. The number of nitrogens with one attached hydrogen (secondary N) is 1. The van der Waals surface area contributed by atoms with Gasteiger partial charge in [0.1, 0.15) is 6.04 Å². The summed E-state index contributed by atoms with van der Waals surface area (Å²) in [7, 11) is 0. The molecular formula is C12H16N2O3S. The van der Waals surface area contributed by atoms with Gasteiger partial charge in [-0.1, -0.05) is 30.3 Å². The first kappa shape index (κ1) is 14.4. The number of carbonyl (C=O) groups excluding carboxylic acids is 1. The lowest BCUT2D eigenvalue weighted by molar-refractivity contribution is -0.139. The third-order valence-electron chi connectivity index (χ3n) is 2.28. The first-order valence-electron chi connectivity index (χ1n) is 5.50. The van der Waals surface area contributed by atoms with Gasteiger partial charge in [0.15, 0.2) is 0 Å². The van der Waals surface area contributed by atoms with Gasteiger partial charge in [0.05, 0.1) is 0 Å². The SMILES string of the molecule is NC(=O)NC(CCSCc1ccccc1)C(=O)O. The van der Waals surface area contributed by atoms with Gasteiger partial charge in [-0.25, -0.2) is 9.59 Å². The van der Waals surface area contributed by atoms with Crippen LogP contribution in [0.5, 0.6) is 0 Å². The maximum atomic E-state index is 10.8. The highest BCUT2D eigenvalue weighted by atomic mass is 32.2. The molecule has 1 aromatic rings. The number of hydrogen-bond acceptors (Lipinski definition) is 3. The van der Waals surface area contributed by atoms with Crippen molar-refractivity contribution in [1.82, 2.24) is 5.32 Å². The molecule has 6 heteroatoms. The molecule has 98 valence electrons. The Hall–Kier alpha value is -1.69. The molecule has 0 radical (unpaired) electrons. The van der Waals surface area contributed by atoms with Crippen LogP contribution < -0.4 is 11.1 Å². The second-order valence-corrected chi connectivity index (χ2v) is 4.83. The van der Waals surface area contributed by atoms with Crippen LogP contribution in [0.15, 0.2) is 30.3 Å². The molecule has 1 atom stereocenters. The first-order valence-corrected chi connectivity index (χ1v) is 6.65. The Kier molecular flexibility index (Phi) is 6.07. The molecule has 0 heterocycles. The van der Waals surface area contributed by atoms with Crippen LogP contribution >= 0.6 is 11.8 Å². The van der Waals surface area contributed by atoms with E-state index in [1.54, 1.807) is 11.8 Å². The summed E-state index contributed by atoms with van der Waals surface area (Å²) in [4.78, 5) is 21.4. The highest BCUT2D eigenvalue weighted by molar-refractivity contribution is 7.98. The fourth-order valence-electron chi connectivity index (χ4n) is 1.39. The Morgan fingerprint density at radius 3 is 2.56 bits per heavy atom. The van der Waals surface area contributed by atoms with Gasteiger partial charge < -0.3 is 16.2 Å². The van der Waals surface area contributed by atoms with Gasteiger partial charge in [0.25, 0.3) is 0 Å². The molecule has 18 heavy (non-hydrogen) atoms. The molecule has 2 amide bonds. The molecule has 0 aliphatic rings. The molecule has 1 rings (SSSR count). The van der Waals surface area contributed by atoms with Gasteiger partial charge >= 0.3 is 12.0 Å². The van der Waals surface area contributed by atoms with Crippen LogP contribution in [-0.4, -0.2) is 28.9 Å². The molecule has 0 aromatic heterocycles. The average molecular weight is 268 g/mol. The minimum atomic E-state index is -1.06. The van der Waals surface area contributed by atoms with Crippen LogP contribution in [0.1, 0.15) is 12.0 Å². The van der Waals surface area contributed by atoms with E-state index in [2.05, 4.69) is 5.32 Å². The number of primary amides is 1. The van der Waals surface area contributed by atoms with E-state index >= 15 is 0 Å². The smallest absolute Gasteiger partial charge is 0.326 e. The highest BCUT2D eigenvalue weighted by Gasteiger charge is 2.17. The summed E-state index contributed by atoms with van der Waals surface area (Å²) < 4.78 is 0. The molecule has 1 unspecified atom stereocenters. The highest BCUT2D eigenvalue weighted by Crippen LogP contribution is 2.13. The molecule has 0 bridgehead atoms. The number of carboxylic acid groups (broad SMARTS) is 1. The van der Waals surface area contributed by atoms with Gasteiger partial charge in [-0.15, -0.1) is 0 Å². The zero-order chi connectivity index (χ0) is 13.4. The van der Waals surface area contributed by atoms with Crippen molar-refractivity contribution in [2.45, 2.75) is 18.2 Å². The number of thioether (sulfide) groups is 1. The van der Waals surface area contributed by atoms with Gasteiger partial charge in [0, 0.05) is 5.75 Å². The van der Waals surface area contributed by atoms with Crippen LogP contribution in [0.4, 0.5) is 4.79 Å². The number of urea groups is 1. The van der Waals surface area contributed by atoms with Crippen molar-refractivity contribution < 1.29 is 14.7 Å². The Balaban J connectivity index is 2.27. The molecule has 0 aliphatic heterocycles. The van der Waals surface area contributed by atoms with E-state index < -0.39 is 18.0 Å². The number of nitrogens with two attached hydrogens (primary N) is 1. The maximum absolute atomic E-state index is 10.8. The molecule has 0 spiro atoms. The Morgan fingerprint density at radius 1 is 1.33 bits per heavy atom. The largest absolute Gasteiger partial charge is 0.480 e. The molecule has 0 saturated carbocycles. The zero-order valence-electron chi connectivity index (χ0n) is 9.83.